The molecule has 0 bridgehead atoms. The van der Waals surface area contributed by atoms with E-state index in [0.29, 0.717) is 18.0 Å². The van der Waals surface area contributed by atoms with Crippen LogP contribution in [0.2, 0.25) is 0 Å². The number of carbonyl (C=O) groups is 1. The van der Waals surface area contributed by atoms with E-state index in [0.717, 1.165) is 15.6 Å². The Balaban J connectivity index is 2.42. The van der Waals surface area contributed by atoms with Crippen LogP contribution in [0.25, 0.3) is 0 Å². The van der Waals surface area contributed by atoms with Gasteiger partial charge in [-0.15, -0.1) is 11.8 Å². The van der Waals surface area contributed by atoms with E-state index in [-0.39, 0.29) is 17.3 Å². The summed E-state index contributed by atoms with van der Waals surface area (Å²) in [7, 11) is -3.94. The number of nitrogens with zero attached hydrogens (tertiary/aromatic N) is 1. The van der Waals surface area contributed by atoms with E-state index in [1.54, 1.807) is 48.5 Å². The van der Waals surface area contributed by atoms with Crippen LogP contribution < -0.4 is 14.4 Å². The minimum atomic E-state index is -3.94. The zero-order chi connectivity index (χ0) is 22.4. The van der Waals surface area contributed by atoms with E-state index < -0.39 is 15.6 Å². The number of anilines is 1. The summed E-state index contributed by atoms with van der Waals surface area (Å²) in [6.07, 6.45) is 2.65. The third-order valence-corrected chi connectivity index (χ3v) is 7.26. The number of thioether (sulfide) groups is 1. The fourth-order valence-corrected chi connectivity index (χ4v) is 4.53. The topological polar surface area (TPSA) is 75.7 Å². The van der Waals surface area contributed by atoms with Crippen LogP contribution in [0.15, 0.2) is 58.3 Å². The summed E-state index contributed by atoms with van der Waals surface area (Å²) in [5, 5.41) is 2.91. The van der Waals surface area contributed by atoms with E-state index >= 15 is 0 Å². The molecular formula is C22H30N2O4S2. The van der Waals surface area contributed by atoms with Gasteiger partial charge in [0.2, 0.25) is 5.91 Å². The predicted octanol–water partition coefficient (Wildman–Crippen LogP) is 4.31. The van der Waals surface area contributed by atoms with Crippen molar-refractivity contribution in [1.82, 2.24) is 5.32 Å². The third-order valence-electron chi connectivity index (χ3n) is 4.73. The second-order valence-corrected chi connectivity index (χ2v) is 10.1. The van der Waals surface area contributed by atoms with E-state index in [1.165, 1.54) is 11.8 Å². The van der Waals surface area contributed by atoms with E-state index in [9.17, 15) is 13.2 Å². The Hall–Kier alpha value is -2.19. The van der Waals surface area contributed by atoms with Crippen molar-refractivity contribution < 1.29 is 17.9 Å². The first-order valence-corrected chi connectivity index (χ1v) is 12.5. The first-order chi connectivity index (χ1) is 14.1. The Morgan fingerprint density at radius 1 is 1.07 bits per heavy atom. The standard InChI is InChI=1S/C22H30N2O4S2/c1-6-22(3,4)23-21(25)16-24(17-8-10-18(11-9-17)28-7-2)30(26,27)20-14-12-19(29-5)13-15-20/h8-15H,6-7,16H2,1-5H3,(H,23,25). The monoisotopic (exact) mass is 450 g/mol. The second-order valence-electron chi connectivity index (χ2n) is 7.40. The van der Waals surface area contributed by atoms with Gasteiger partial charge in [0.15, 0.2) is 0 Å². The maximum Gasteiger partial charge on any atom is 0.264 e. The van der Waals surface area contributed by atoms with Gasteiger partial charge in [0, 0.05) is 10.4 Å². The number of amides is 1. The summed E-state index contributed by atoms with van der Waals surface area (Å²) >= 11 is 1.53. The molecule has 1 amide bonds. The highest BCUT2D eigenvalue weighted by Gasteiger charge is 2.29. The van der Waals surface area contributed by atoms with E-state index in [1.807, 2.05) is 34.0 Å². The highest BCUT2D eigenvalue weighted by Crippen LogP contribution is 2.27. The zero-order valence-electron chi connectivity index (χ0n) is 18.1. The molecule has 0 heterocycles. The predicted molar refractivity (Wildman–Crippen MR) is 123 cm³/mol. The smallest absolute Gasteiger partial charge is 0.264 e. The zero-order valence-corrected chi connectivity index (χ0v) is 19.8. The molecule has 1 N–H and O–H groups in total. The second kappa shape index (κ2) is 10.2. The molecule has 8 heteroatoms. The van der Waals surface area contributed by atoms with Gasteiger partial charge in [-0.3, -0.25) is 9.10 Å². The van der Waals surface area contributed by atoms with Gasteiger partial charge in [0.05, 0.1) is 17.2 Å². The van der Waals surface area contributed by atoms with Crippen LogP contribution in [0.5, 0.6) is 5.75 Å². The first-order valence-electron chi connectivity index (χ1n) is 9.83. The Morgan fingerprint density at radius 2 is 1.67 bits per heavy atom. The highest BCUT2D eigenvalue weighted by atomic mass is 32.2. The van der Waals surface area contributed by atoms with Crippen molar-refractivity contribution in [2.24, 2.45) is 0 Å². The average molecular weight is 451 g/mol. The molecule has 0 aliphatic carbocycles. The molecule has 0 saturated carbocycles. The van der Waals surface area contributed by atoms with Crippen LogP contribution in [-0.2, 0) is 14.8 Å². The maximum atomic E-state index is 13.4. The number of nitrogens with one attached hydrogen (secondary N) is 1. The van der Waals surface area contributed by atoms with Crippen molar-refractivity contribution in [3.8, 4) is 5.75 Å². The number of sulfonamides is 1. The summed E-state index contributed by atoms with van der Waals surface area (Å²) in [5.74, 6) is 0.277. The molecule has 0 unspecified atom stereocenters. The van der Waals surface area contributed by atoms with Crippen LogP contribution in [-0.4, -0.2) is 39.3 Å². The van der Waals surface area contributed by atoms with Gasteiger partial charge in [-0.25, -0.2) is 8.42 Å². The molecule has 0 aliphatic rings. The summed E-state index contributed by atoms with van der Waals surface area (Å²) in [6.45, 7) is 7.85. The van der Waals surface area contributed by atoms with Gasteiger partial charge in [0.25, 0.3) is 10.0 Å². The fourth-order valence-electron chi connectivity index (χ4n) is 2.70. The van der Waals surface area contributed by atoms with Crippen molar-refractivity contribution in [1.29, 1.82) is 0 Å². The lowest BCUT2D eigenvalue weighted by molar-refractivity contribution is -0.121. The van der Waals surface area contributed by atoms with Gasteiger partial charge in [-0.05, 0) is 82.0 Å². The van der Waals surface area contributed by atoms with Gasteiger partial charge in [0.1, 0.15) is 12.3 Å². The number of hydrogen-bond donors (Lipinski definition) is 1. The summed E-state index contributed by atoms with van der Waals surface area (Å²) < 4.78 is 33.4. The molecule has 0 saturated heterocycles. The molecule has 164 valence electrons. The van der Waals surface area contributed by atoms with Gasteiger partial charge in [-0.2, -0.15) is 0 Å². The molecule has 0 spiro atoms. The molecule has 30 heavy (non-hydrogen) atoms. The molecule has 2 rings (SSSR count). The lowest BCUT2D eigenvalue weighted by Gasteiger charge is -2.28. The Kier molecular flexibility index (Phi) is 8.20. The number of benzene rings is 2. The lowest BCUT2D eigenvalue weighted by Crippen LogP contribution is -2.48. The van der Waals surface area contributed by atoms with Gasteiger partial charge < -0.3 is 10.1 Å². The molecule has 2 aromatic carbocycles. The van der Waals surface area contributed by atoms with E-state index in [2.05, 4.69) is 5.32 Å². The minimum absolute atomic E-state index is 0.136. The molecule has 2 aromatic rings. The average Bonchev–Trinajstić information content (AvgIpc) is 2.72. The summed E-state index contributed by atoms with van der Waals surface area (Å²) in [4.78, 5) is 13.8. The molecule has 0 radical (unpaired) electrons. The molecule has 0 aromatic heterocycles. The molecule has 0 aliphatic heterocycles. The Morgan fingerprint density at radius 3 is 2.17 bits per heavy atom. The van der Waals surface area contributed by atoms with Crippen LogP contribution >= 0.6 is 11.8 Å². The SMILES string of the molecule is CCOc1ccc(N(CC(=O)NC(C)(C)CC)S(=O)(=O)c2ccc(SC)cc2)cc1. The van der Waals surface area contributed by atoms with Crippen molar-refractivity contribution in [2.75, 3.05) is 23.7 Å². The lowest BCUT2D eigenvalue weighted by atomic mass is 10.0. The van der Waals surface area contributed by atoms with Crippen LogP contribution in [0, 0.1) is 0 Å². The number of hydrogen-bond acceptors (Lipinski definition) is 5. The highest BCUT2D eigenvalue weighted by molar-refractivity contribution is 7.98. The largest absolute Gasteiger partial charge is 0.494 e. The van der Waals surface area contributed by atoms with Crippen LogP contribution in [0.1, 0.15) is 34.1 Å². The fraction of sp³-hybridized carbons (Fsp3) is 0.409. The quantitative estimate of drug-likeness (QED) is 0.546. The van der Waals surface area contributed by atoms with Gasteiger partial charge in [-0.1, -0.05) is 6.92 Å². The van der Waals surface area contributed by atoms with Crippen molar-refractivity contribution in [3.05, 3.63) is 48.5 Å². The number of carbonyl (C=O) groups excluding carboxylic acids is 1. The van der Waals surface area contributed by atoms with Crippen LogP contribution in [0.3, 0.4) is 0 Å². The molecule has 0 atom stereocenters. The third kappa shape index (κ3) is 6.15. The number of rotatable bonds is 10. The summed E-state index contributed by atoms with van der Waals surface area (Å²) in [5.41, 5.74) is -0.0254. The van der Waals surface area contributed by atoms with Crippen LogP contribution in [0.4, 0.5) is 5.69 Å². The minimum Gasteiger partial charge on any atom is -0.494 e. The van der Waals surface area contributed by atoms with Crippen molar-refractivity contribution >= 4 is 33.4 Å². The maximum absolute atomic E-state index is 13.4. The molecule has 0 fully saturated rings. The van der Waals surface area contributed by atoms with Gasteiger partial charge >= 0.3 is 0 Å². The Labute approximate surface area is 184 Å². The Bertz CT molecular complexity index is 940. The molecular weight excluding hydrogens is 420 g/mol. The van der Waals surface area contributed by atoms with Crippen molar-refractivity contribution in [3.63, 3.8) is 0 Å². The summed E-state index contributed by atoms with van der Waals surface area (Å²) in [6, 6.07) is 13.3. The first kappa shape index (κ1) is 24.1. The number of ether oxygens (including phenoxy) is 1. The molecule has 6 nitrogen and oxygen atoms in total. The van der Waals surface area contributed by atoms with Crippen molar-refractivity contribution in [2.45, 2.75) is 49.4 Å². The van der Waals surface area contributed by atoms with E-state index in [4.69, 9.17) is 4.74 Å². The normalized spacial score (nSPS) is 11.8.